The van der Waals surface area contributed by atoms with Crippen LogP contribution in [0.15, 0.2) is 24.3 Å². The van der Waals surface area contributed by atoms with Crippen LogP contribution in [0.3, 0.4) is 0 Å². The summed E-state index contributed by atoms with van der Waals surface area (Å²) in [5.74, 6) is 0. The first-order chi connectivity index (χ1) is 4.93. The number of benzene rings is 1. The number of hydrogen-bond acceptors (Lipinski definition) is 2. The molecule has 0 saturated heterocycles. The minimum atomic E-state index is 0.348. The zero-order valence-corrected chi connectivity index (χ0v) is 5.50. The van der Waals surface area contributed by atoms with Gasteiger partial charge in [-0.1, -0.05) is 18.2 Å². The number of carbonyl (C=O) groups is 1. The van der Waals surface area contributed by atoms with E-state index in [1.54, 1.807) is 6.07 Å². The van der Waals surface area contributed by atoms with Crippen molar-refractivity contribution in [2.75, 3.05) is 11.9 Å². The molecule has 0 aliphatic heterocycles. The lowest BCUT2D eigenvalue weighted by atomic mass is 10.3. The molecule has 0 aliphatic carbocycles. The van der Waals surface area contributed by atoms with Crippen LogP contribution in [0.4, 0.5) is 5.69 Å². The van der Waals surface area contributed by atoms with E-state index in [2.05, 4.69) is 11.4 Å². The van der Waals surface area contributed by atoms with Crippen molar-refractivity contribution in [2.24, 2.45) is 0 Å². The first kappa shape index (κ1) is 6.81. The minimum absolute atomic E-state index is 0.348. The van der Waals surface area contributed by atoms with E-state index < -0.39 is 0 Å². The van der Waals surface area contributed by atoms with Crippen molar-refractivity contribution in [1.29, 1.82) is 0 Å². The predicted molar refractivity (Wildman–Crippen MR) is 39.8 cm³/mol. The highest BCUT2D eigenvalue weighted by molar-refractivity contribution is 5.58. The number of anilines is 1. The van der Waals surface area contributed by atoms with Crippen LogP contribution in [0.2, 0.25) is 0 Å². The molecule has 2 nitrogen and oxygen atoms in total. The van der Waals surface area contributed by atoms with Gasteiger partial charge in [-0.2, -0.15) is 0 Å². The van der Waals surface area contributed by atoms with Crippen LogP contribution in [0.1, 0.15) is 0 Å². The summed E-state index contributed by atoms with van der Waals surface area (Å²) < 4.78 is 0. The first-order valence-corrected chi connectivity index (χ1v) is 3.07. The Morgan fingerprint density at radius 1 is 1.60 bits per heavy atom. The first-order valence-electron chi connectivity index (χ1n) is 3.07. The second-order valence-electron chi connectivity index (χ2n) is 1.82. The molecule has 0 saturated carbocycles. The monoisotopic (exact) mass is 134 g/mol. The van der Waals surface area contributed by atoms with Crippen molar-refractivity contribution in [3.63, 3.8) is 0 Å². The summed E-state index contributed by atoms with van der Waals surface area (Å²) in [5, 5.41) is 2.87. The molecular formula is C8H8NO. The van der Waals surface area contributed by atoms with Crippen molar-refractivity contribution in [3.8, 4) is 0 Å². The number of para-hydroxylation sites is 1. The van der Waals surface area contributed by atoms with Crippen molar-refractivity contribution >= 4 is 12.0 Å². The summed E-state index contributed by atoms with van der Waals surface area (Å²) in [4.78, 5) is 9.90. The third kappa shape index (κ3) is 1.90. The number of carbonyl (C=O) groups excluding carboxylic acids is 1. The topological polar surface area (TPSA) is 29.1 Å². The van der Waals surface area contributed by atoms with Gasteiger partial charge in [0.1, 0.15) is 6.29 Å². The van der Waals surface area contributed by atoms with Gasteiger partial charge in [0.25, 0.3) is 0 Å². The van der Waals surface area contributed by atoms with Crippen LogP contribution in [-0.4, -0.2) is 12.8 Å². The third-order valence-electron chi connectivity index (χ3n) is 1.08. The molecule has 0 bridgehead atoms. The molecule has 10 heavy (non-hydrogen) atoms. The molecule has 1 aromatic rings. The van der Waals surface area contributed by atoms with Gasteiger partial charge in [0.15, 0.2) is 0 Å². The molecule has 1 N–H and O–H groups in total. The maximum absolute atomic E-state index is 9.90. The van der Waals surface area contributed by atoms with E-state index in [0.717, 1.165) is 12.0 Å². The van der Waals surface area contributed by atoms with Crippen molar-refractivity contribution in [2.45, 2.75) is 0 Å². The second-order valence-corrected chi connectivity index (χ2v) is 1.82. The molecular weight excluding hydrogens is 126 g/mol. The standard InChI is InChI=1S/C8H8NO/c10-7-6-9-8-4-2-1-3-5-8/h1-4,7,9H,6H2. The highest BCUT2D eigenvalue weighted by Crippen LogP contribution is 2.01. The van der Waals surface area contributed by atoms with E-state index in [-0.39, 0.29) is 0 Å². The fraction of sp³-hybridized carbons (Fsp3) is 0.125. The number of aldehydes is 1. The molecule has 0 spiro atoms. The Kier molecular flexibility index (Phi) is 2.49. The third-order valence-corrected chi connectivity index (χ3v) is 1.08. The van der Waals surface area contributed by atoms with Crippen LogP contribution in [-0.2, 0) is 4.79 Å². The van der Waals surface area contributed by atoms with Gasteiger partial charge in [-0.05, 0) is 6.07 Å². The lowest BCUT2D eigenvalue weighted by Gasteiger charge is -1.97. The van der Waals surface area contributed by atoms with Crippen molar-refractivity contribution in [3.05, 3.63) is 30.3 Å². The van der Waals surface area contributed by atoms with Gasteiger partial charge in [0.2, 0.25) is 0 Å². The average Bonchev–Trinajstić information content (AvgIpc) is 2.03. The summed E-state index contributed by atoms with van der Waals surface area (Å²) in [6, 6.07) is 10.4. The zero-order valence-electron chi connectivity index (χ0n) is 5.50. The Morgan fingerprint density at radius 2 is 2.50 bits per heavy atom. The molecule has 0 fully saturated rings. The summed E-state index contributed by atoms with van der Waals surface area (Å²) in [6.07, 6.45) is 0.820. The van der Waals surface area contributed by atoms with E-state index in [1.807, 2.05) is 18.2 Å². The zero-order chi connectivity index (χ0) is 7.23. The molecule has 1 rings (SSSR count). The van der Waals surface area contributed by atoms with E-state index in [0.29, 0.717) is 6.54 Å². The average molecular weight is 134 g/mol. The van der Waals surface area contributed by atoms with Crippen molar-refractivity contribution in [1.82, 2.24) is 0 Å². The Bertz CT molecular complexity index is 196. The van der Waals surface area contributed by atoms with Crippen LogP contribution < -0.4 is 5.32 Å². The van der Waals surface area contributed by atoms with E-state index >= 15 is 0 Å². The molecule has 51 valence electrons. The van der Waals surface area contributed by atoms with Crippen LogP contribution in [0, 0.1) is 6.07 Å². The number of hydrogen-bond donors (Lipinski definition) is 1. The molecule has 0 amide bonds. The maximum Gasteiger partial charge on any atom is 0.139 e. The minimum Gasteiger partial charge on any atom is -0.378 e. The summed E-state index contributed by atoms with van der Waals surface area (Å²) in [5.41, 5.74) is 0.856. The highest BCUT2D eigenvalue weighted by atomic mass is 16.1. The quantitative estimate of drug-likeness (QED) is 0.627. The number of nitrogens with one attached hydrogen (secondary N) is 1. The molecule has 0 aliphatic rings. The number of rotatable bonds is 3. The molecule has 0 unspecified atom stereocenters. The Labute approximate surface area is 59.9 Å². The van der Waals surface area contributed by atoms with Gasteiger partial charge in [-0.15, -0.1) is 0 Å². The van der Waals surface area contributed by atoms with Gasteiger partial charge in [-0.3, -0.25) is 0 Å². The van der Waals surface area contributed by atoms with Gasteiger partial charge >= 0.3 is 0 Å². The predicted octanol–water partition coefficient (Wildman–Crippen LogP) is 1.10. The van der Waals surface area contributed by atoms with Gasteiger partial charge < -0.3 is 10.1 Å². The highest BCUT2D eigenvalue weighted by Gasteiger charge is 1.85. The van der Waals surface area contributed by atoms with Crippen molar-refractivity contribution < 1.29 is 4.79 Å². The summed E-state index contributed by atoms with van der Waals surface area (Å²) in [6.45, 7) is 0.348. The Balaban J connectivity index is 2.50. The summed E-state index contributed by atoms with van der Waals surface area (Å²) in [7, 11) is 0. The fourth-order valence-corrected chi connectivity index (χ4v) is 0.655. The normalized spacial score (nSPS) is 8.80. The Hall–Kier alpha value is -1.31. The smallest absolute Gasteiger partial charge is 0.139 e. The van der Waals surface area contributed by atoms with Gasteiger partial charge in [0.05, 0.1) is 6.54 Å². The van der Waals surface area contributed by atoms with Crippen LogP contribution in [0.25, 0.3) is 0 Å². The summed E-state index contributed by atoms with van der Waals surface area (Å²) >= 11 is 0. The molecule has 0 heterocycles. The second kappa shape index (κ2) is 3.67. The van der Waals surface area contributed by atoms with Gasteiger partial charge in [-0.25, -0.2) is 0 Å². The lowest BCUT2D eigenvalue weighted by molar-refractivity contribution is -0.106. The molecule has 1 radical (unpaired) electrons. The fourth-order valence-electron chi connectivity index (χ4n) is 0.655. The van der Waals surface area contributed by atoms with E-state index in [9.17, 15) is 4.79 Å². The molecule has 0 aromatic heterocycles. The molecule has 2 heteroatoms. The van der Waals surface area contributed by atoms with E-state index in [1.165, 1.54) is 0 Å². The maximum atomic E-state index is 9.90. The molecule has 0 atom stereocenters. The van der Waals surface area contributed by atoms with E-state index in [4.69, 9.17) is 0 Å². The lowest BCUT2D eigenvalue weighted by Crippen LogP contribution is -2.01. The molecule has 1 aromatic carbocycles. The van der Waals surface area contributed by atoms with Gasteiger partial charge in [0, 0.05) is 11.8 Å². The Morgan fingerprint density at radius 3 is 3.10 bits per heavy atom. The SMILES string of the molecule is O=CCNc1[c]cccc1. The van der Waals surface area contributed by atoms with Crippen LogP contribution >= 0.6 is 0 Å². The van der Waals surface area contributed by atoms with Crippen LogP contribution in [0.5, 0.6) is 0 Å². The largest absolute Gasteiger partial charge is 0.378 e.